The third-order valence-corrected chi connectivity index (χ3v) is 6.24. The van der Waals surface area contributed by atoms with E-state index >= 15 is 0 Å². The number of hydrogen-bond acceptors (Lipinski definition) is 5. The first kappa shape index (κ1) is 20.4. The van der Waals surface area contributed by atoms with E-state index in [1.54, 1.807) is 12.4 Å². The molecule has 0 radical (unpaired) electrons. The molecule has 158 valence electrons. The summed E-state index contributed by atoms with van der Waals surface area (Å²) in [5, 5.41) is 1.39. The monoisotopic (exact) mass is 406 g/mol. The number of benzene rings is 1. The summed E-state index contributed by atoms with van der Waals surface area (Å²) in [5.41, 5.74) is 3.18. The van der Waals surface area contributed by atoms with Crippen LogP contribution in [0.3, 0.4) is 0 Å². The number of hydrogen-bond donors (Lipinski definition) is 0. The Bertz CT molecular complexity index is 988. The molecule has 0 aliphatic carbocycles. The summed E-state index contributed by atoms with van der Waals surface area (Å²) in [7, 11) is 3.50. The van der Waals surface area contributed by atoms with Crippen molar-refractivity contribution in [1.82, 2.24) is 14.5 Å². The van der Waals surface area contributed by atoms with Gasteiger partial charge in [0.1, 0.15) is 0 Å². The highest BCUT2D eigenvalue weighted by molar-refractivity contribution is 5.88. The molecule has 0 unspecified atom stereocenters. The number of aryl methyl sites for hydroxylation is 2. The molecule has 0 atom stereocenters. The normalized spacial score (nSPS) is 14.9. The fraction of sp³-hybridized carbons (Fsp3) is 0.458. The third kappa shape index (κ3) is 4.48. The summed E-state index contributed by atoms with van der Waals surface area (Å²) in [4.78, 5) is 22.4. The molecule has 1 fully saturated rings. The number of methoxy groups -OCH3 is 1. The lowest BCUT2D eigenvalue weighted by Crippen LogP contribution is -2.34. The first-order valence-electron chi connectivity index (χ1n) is 10.8. The van der Waals surface area contributed by atoms with Crippen LogP contribution in [0.5, 0.6) is 0 Å². The van der Waals surface area contributed by atoms with Gasteiger partial charge in [0, 0.05) is 49.6 Å². The van der Waals surface area contributed by atoms with Gasteiger partial charge in [0.15, 0.2) is 0 Å². The van der Waals surface area contributed by atoms with Gasteiger partial charge in [-0.15, -0.1) is 0 Å². The first-order chi connectivity index (χ1) is 14.7. The largest absolute Gasteiger partial charge is 0.465 e. The van der Waals surface area contributed by atoms with Crippen molar-refractivity contribution < 1.29 is 9.53 Å². The molecular weight excluding hydrogens is 376 g/mol. The van der Waals surface area contributed by atoms with E-state index < -0.39 is 5.97 Å². The Hall–Kier alpha value is -2.89. The molecular formula is C24H30N4O2. The Balaban J connectivity index is 1.21. The minimum atomic E-state index is -0.399. The van der Waals surface area contributed by atoms with Crippen molar-refractivity contribution in [2.45, 2.75) is 38.5 Å². The van der Waals surface area contributed by atoms with Crippen molar-refractivity contribution in [3.63, 3.8) is 0 Å². The molecule has 1 aliphatic heterocycles. The van der Waals surface area contributed by atoms with Gasteiger partial charge >= 0.3 is 5.97 Å². The lowest BCUT2D eigenvalue weighted by atomic mass is 9.91. The summed E-state index contributed by atoms with van der Waals surface area (Å²) in [6.07, 6.45) is 12.7. The molecule has 3 heterocycles. The molecule has 0 N–H and O–H groups in total. The molecule has 1 aromatic carbocycles. The molecule has 0 amide bonds. The number of nitrogens with zero attached hydrogens (tertiary/aromatic N) is 4. The van der Waals surface area contributed by atoms with Gasteiger partial charge in [0.2, 0.25) is 5.95 Å². The van der Waals surface area contributed by atoms with Gasteiger partial charge in [-0.05, 0) is 43.2 Å². The van der Waals surface area contributed by atoms with Crippen molar-refractivity contribution in [1.29, 1.82) is 0 Å². The van der Waals surface area contributed by atoms with Crippen molar-refractivity contribution in [2.24, 2.45) is 13.0 Å². The second-order valence-electron chi connectivity index (χ2n) is 8.22. The van der Waals surface area contributed by atoms with Gasteiger partial charge in [-0.25, -0.2) is 14.8 Å². The Morgan fingerprint density at radius 1 is 1.13 bits per heavy atom. The molecule has 30 heavy (non-hydrogen) atoms. The Kier molecular flexibility index (Phi) is 6.31. The highest BCUT2D eigenvalue weighted by atomic mass is 16.5. The zero-order chi connectivity index (χ0) is 20.9. The van der Waals surface area contributed by atoms with Gasteiger partial charge in [-0.2, -0.15) is 0 Å². The van der Waals surface area contributed by atoms with E-state index in [4.69, 9.17) is 4.74 Å². The summed E-state index contributed by atoms with van der Waals surface area (Å²) >= 11 is 0. The van der Waals surface area contributed by atoms with Crippen molar-refractivity contribution in [3.8, 4) is 0 Å². The number of anilines is 1. The van der Waals surface area contributed by atoms with Gasteiger partial charge < -0.3 is 14.2 Å². The average molecular weight is 407 g/mol. The number of rotatable bonds is 7. The zero-order valence-corrected chi connectivity index (χ0v) is 17.9. The number of carbonyl (C=O) groups is 1. The fourth-order valence-electron chi connectivity index (χ4n) is 4.50. The van der Waals surface area contributed by atoms with Crippen LogP contribution in [0.1, 0.15) is 48.0 Å². The standard InChI is InChI=1S/C24H30N4O2/c1-27-17-19(21-9-5-6-10-22(21)27)8-4-3-7-18-11-13-28(14-12-18)24-25-15-20(16-26-24)23(29)30-2/h5-6,9-10,15-18H,3-4,7-8,11-14H2,1-2H3. The summed E-state index contributed by atoms with van der Waals surface area (Å²) < 4.78 is 6.94. The fourth-order valence-corrected chi connectivity index (χ4v) is 4.50. The zero-order valence-electron chi connectivity index (χ0n) is 17.9. The van der Waals surface area contributed by atoms with E-state index in [1.807, 2.05) is 0 Å². The second-order valence-corrected chi connectivity index (χ2v) is 8.22. The van der Waals surface area contributed by atoms with E-state index in [2.05, 4.69) is 56.9 Å². The van der Waals surface area contributed by atoms with Crippen LogP contribution in [0, 0.1) is 5.92 Å². The minimum absolute atomic E-state index is 0.391. The van der Waals surface area contributed by atoms with Gasteiger partial charge in [0.25, 0.3) is 0 Å². The number of unbranched alkanes of at least 4 members (excludes halogenated alkanes) is 1. The lowest BCUT2D eigenvalue weighted by molar-refractivity contribution is 0.0600. The maximum Gasteiger partial charge on any atom is 0.341 e. The van der Waals surface area contributed by atoms with E-state index in [-0.39, 0.29) is 0 Å². The van der Waals surface area contributed by atoms with Crippen LogP contribution < -0.4 is 4.90 Å². The van der Waals surface area contributed by atoms with Crippen LogP contribution in [0.15, 0.2) is 42.9 Å². The van der Waals surface area contributed by atoms with Crippen LogP contribution >= 0.6 is 0 Å². The third-order valence-electron chi connectivity index (χ3n) is 6.24. The molecule has 3 aromatic rings. The molecule has 1 aliphatic rings. The predicted octanol–water partition coefficient (Wildman–Crippen LogP) is 4.38. The van der Waals surface area contributed by atoms with Gasteiger partial charge in [0.05, 0.1) is 12.7 Å². The topological polar surface area (TPSA) is 60.2 Å². The van der Waals surface area contributed by atoms with E-state index in [0.29, 0.717) is 11.5 Å². The number of fused-ring (bicyclic) bond motifs is 1. The maximum atomic E-state index is 11.5. The predicted molar refractivity (Wildman–Crippen MR) is 119 cm³/mol. The van der Waals surface area contributed by atoms with Gasteiger partial charge in [-0.3, -0.25) is 0 Å². The molecule has 6 heteroatoms. The highest BCUT2D eigenvalue weighted by Crippen LogP contribution is 2.26. The molecule has 0 bridgehead atoms. The molecule has 4 rings (SSSR count). The van der Waals surface area contributed by atoms with E-state index in [1.165, 1.54) is 55.7 Å². The van der Waals surface area contributed by atoms with Crippen molar-refractivity contribution in [2.75, 3.05) is 25.1 Å². The number of aromatic nitrogens is 3. The average Bonchev–Trinajstić information content (AvgIpc) is 3.12. The van der Waals surface area contributed by atoms with Crippen LogP contribution in [-0.2, 0) is 18.2 Å². The quantitative estimate of drug-likeness (QED) is 0.430. The Morgan fingerprint density at radius 3 is 2.60 bits per heavy atom. The SMILES string of the molecule is COC(=O)c1cnc(N2CCC(CCCCc3cn(C)c4ccccc34)CC2)nc1. The molecule has 6 nitrogen and oxygen atoms in total. The van der Waals surface area contributed by atoms with E-state index in [0.717, 1.165) is 25.4 Å². The second kappa shape index (κ2) is 9.28. The number of piperidine rings is 1. The summed E-state index contributed by atoms with van der Waals surface area (Å²) in [6, 6.07) is 8.67. The lowest BCUT2D eigenvalue weighted by Gasteiger charge is -2.32. The number of para-hydroxylation sites is 1. The number of ether oxygens (including phenoxy) is 1. The van der Waals surface area contributed by atoms with Crippen LogP contribution in [0.25, 0.3) is 10.9 Å². The Labute approximate surface area is 177 Å². The number of carbonyl (C=O) groups excluding carboxylic acids is 1. The van der Waals surface area contributed by atoms with Crippen molar-refractivity contribution in [3.05, 3.63) is 54.0 Å². The molecule has 0 spiro atoms. The van der Waals surface area contributed by atoms with E-state index in [9.17, 15) is 4.79 Å². The number of esters is 1. The maximum absolute atomic E-state index is 11.5. The van der Waals surface area contributed by atoms with Crippen LogP contribution in [0.4, 0.5) is 5.95 Å². The van der Waals surface area contributed by atoms with Crippen molar-refractivity contribution >= 4 is 22.8 Å². The Morgan fingerprint density at radius 2 is 1.87 bits per heavy atom. The minimum Gasteiger partial charge on any atom is -0.465 e. The molecule has 1 saturated heterocycles. The van der Waals surface area contributed by atoms with Crippen LogP contribution in [-0.4, -0.2) is 40.7 Å². The molecule has 2 aromatic heterocycles. The first-order valence-corrected chi connectivity index (χ1v) is 10.8. The van der Waals surface area contributed by atoms with Gasteiger partial charge in [-0.1, -0.05) is 31.0 Å². The highest BCUT2D eigenvalue weighted by Gasteiger charge is 2.21. The summed E-state index contributed by atoms with van der Waals surface area (Å²) in [6.45, 7) is 1.96. The molecule has 0 saturated carbocycles. The smallest absolute Gasteiger partial charge is 0.341 e. The summed E-state index contributed by atoms with van der Waals surface area (Å²) in [5.74, 6) is 1.09. The van der Waals surface area contributed by atoms with Crippen LogP contribution in [0.2, 0.25) is 0 Å².